The number of nitrogens with two attached hydrogens (primary N) is 1. The second kappa shape index (κ2) is 5.21. The second-order valence-electron chi connectivity index (χ2n) is 4.78. The predicted molar refractivity (Wildman–Crippen MR) is 64.2 cm³/mol. The minimum Gasteiger partial charge on any atom is -0.469 e. The molecule has 0 aliphatic carbocycles. The molecule has 1 aromatic rings. The third-order valence-corrected chi connectivity index (χ3v) is 3.09. The summed E-state index contributed by atoms with van der Waals surface area (Å²) >= 11 is 0. The van der Waals surface area contributed by atoms with E-state index in [1.54, 1.807) is 0 Å². The molecule has 1 rings (SSSR count). The van der Waals surface area contributed by atoms with Gasteiger partial charge in [0.2, 0.25) is 0 Å². The molecule has 1 aromatic carbocycles. The molecule has 0 unspecified atom stereocenters. The Morgan fingerprint density at radius 3 is 2.26 bits per heavy atom. The number of methoxy groups -OCH3 is 1. The summed E-state index contributed by atoms with van der Waals surface area (Å²) in [5, 5.41) is 0. The Hall–Kier alpha value is -1.56. The van der Waals surface area contributed by atoms with E-state index in [0.717, 1.165) is 6.07 Å². The van der Waals surface area contributed by atoms with Crippen molar-refractivity contribution in [3.63, 3.8) is 0 Å². The van der Waals surface area contributed by atoms with Crippen LogP contribution < -0.4 is 5.73 Å². The molecule has 0 aliphatic heterocycles. The SMILES string of the molecule is COC(=O)C(C)(C)[C@@H](N)c1ccccc1C(F)(F)F. The van der Waals surface area contributed by atoms with Crippen molar-refractivity contribution in [2.75, 3.05) is 7.11 Å². The van der Waals surface area contributed by atoms with Crippen LogP contribution in [0.3, 0.4) is 0 Å². The molecule has 0 spiro atoms. The number of hydrogen-bond donors (Lipinski definition) is 1. The number of ether oxygens (including phenoxy) is 1. The maximum Gasteiger partial charge on any atom is 0.416 e. The van der Waals surface area contributed by atoms with E-state index in [-0.39, 0.29) is 5.56 Å². The van der Waals surface area contributed by atoms with Crippen LogP contribution in [-0.4, -0.2) is 13.1 Å². The Kier molecular flexibility index (Phi) is 4.25. The third-order valence-electron chi connectivity index (χ3n) is 3.09. The van der Waals surface area contributed by atoms with Gasteiger partial charge in [-0.05, 0) is 25.5 Å². The van der Waals surface area contributed by atoms with E-state index in [2.05, 4.69) is 4.74 Å². The molecule has 0 saturated carbocycles. The molecule has 0 aromatic heterocycles. The predicted octanol–water partition coefficient (Wildman–Crippen LogP) is 2.90. The monoisotopic (exact) mass is 275 g/mol. The average Bonchev–Trinajstić information content (AvgIpc) is 2.35. The topological polar surface area (TPSA) is 52.3 Å². The average molecular weight is 275 g/mol. The Morgan fingerprint density at radius 2 is 1.79 bits per heavy atom. The van der Waals surface area contributed by atoms with Crippen LogP contribution in [0.25, 0.3) is 0 Å². The zero-order valence-electron chi connectivity index (χ0n) is 10.9. The highest BCUT2D eigenvalue weighted by molar-refractivity contribution is 5.77. The van der Waals surface area contributed by atoms with Crippen LogP contribution in [0, 0.1) is 5.41 Å². The van der Waals surface area contributed by atoms with Crippen molar-refractivity contribution in [3.8, 4) is 0 Å². The molecule has 0 saturated heterocycles. The van der Waals surface area contributed by atoms with Crippen LogP contribution in [-0.2, 0) is 15.7 Å². The maximum absolute atomic E-state index is 12.9. The van der Waals surface area contributed by atoms with E-state index in [4.69, 9.17) is 5.73 Å². The number of alkyl halides is 3. The van der Waals surface area contributed by atoms with Gasteiger partial charge in [0.15, 0.2) is 0 Å². The summed E-state index contributed by atoms with van der Waals surface area (Å²) in [5.41, 5.74) is 3.64. The zero-order chi connectivity index (χ0) is 14.8. The summed E-state index contributed by atoms with van der Waals surface area (Å²) in [4.78, 5) is 11.6. The minimum atomic E-state index is -4.51. The van der Waals surface area contributed by atoms with E-state index < -0.39 is 29.2 Å². The lowest BCUT2D eigenvalue weighted by Crippen LogP contribution is -2.38. The van der Waals surface area contributed by atoms with Gasteiger partial charge in [0, 0.05) is 6.04 Å². The van der Waals surface area contributed by atoms with Gasteiger partial charge in [-0.1, -0.05) is 18.2 Å². The first-order valence-corrected chi connectivity index (χ1v) is 5.62. The van der Waals surface area contributed by atoms with Crippen LogP contribution >= 0.6 is 0 Å². The summed E-state index contributed by atoms with van der Waals surface area (Å²) in [6, 6.07) is 3.85. The van der Waals surface area contributed by atoms with Crippen molar-refractivity contribution >= 4 is 5.97 Å². The Bertz CT molecular complexity index is 469. The van der Waals surface area contributed by atoms with E-state index in [9.17, 15) is 18.0 Å². The molecule has 0 aliphatic rings. The molecular weight excluding hydrogens is 259 g/mol. The van der Waals surface area contributed by atoms with Crippen molar-refractivity contribution in [2.45, 2.75) is 26.1 Å². The van der Waals surface area contributed by atoms with Gasteiger partial charge < -0.3 is 10.5 Å². The van der Waals surface area contributed by atoms with E-state index in [1.165, 1.54) is 39.2 Å². The molecule has 19 heavy (non-hydrogen) atoms. The molecule has 6 heteroatoms. The molecule has 3 nitrogen and oxygen atoms in total. The fourth-order valence-corrected chi connectivity index (χ4v) is 1.81. The van der Waals surface area contributed by atoms with E-state index in [0.29, 0.717) is 0 Å². The van der Waals surface area contributed by atoms with Crippen LogP contribution in [0.5, 0.6) is 0 Å². The number of carbonyl (C=O) groups is 1. The Morgan fingerprint density at radius 1 is 1.26 bits per heavy atom. The Balaban J connectivity index is 3.28. The lowest BCUT2D eigenvalue weighted by Gasteiger charge is -2.30. The normalized spacial score (nSPS) is 14.1. The van der Waals surface area contributed by atoms with Crippen molar-refractivity contribution < 1.29 is 22.7 Å². The number of esters is 1. The van der Waals surface area contributed by atoms with Gasteiger partial charge in [-0.25, -0.2) is 0 Å². The highest BCUT2D eigenvalue weighted by Gasteiger charge is 2.41. The molecule has 106 valence electrons. The summed E-state index contributed by atoms with van der Waals surface area (Å²) in [6.07, 6.45) is -4.51. The van der Waals surface area contributed by atoms with Gasteiger partial charge in [0.05, 0.1) is 18.1 Å². The van der Waals surface area contributed by atoms with Crippen molar-refractivity contribution in [2.24, 2.45) is 11.1 Å². The maximum atomic E-state index is 12.9. The van der Waals surface area contributed by atoms with Crippen LogP contribution in [0.1, 0.15) is 31.0 Å². The highest BCUT2D eigenvalue weighted by atomic mass is 19.4. The van der Waals surface area contributed by atoms with Gasteiger partial charge in [-0.3, -0.25) is 4.79 Å². The highest BCUT2D eigenvalue weighted by Crippen LogP contribution is 2.39. The van der Waals surface area contributed by atoms with Gasteiger partial charge in [0.25, 0.3) is 0 Å². The summed E-state index contributed by atoms with van der Waals surface area (Å²) in [7, 11) is 1.17. The number of rotatable bonds is 3. The fourth-order valence-electron chi connectivity index (χ4n) is 1.81. The summed E-state index contributed by atoms with van der Waals surface area (Å²) < 4.78 is 43.3. The minimum absolute atomic E-state index is 0.120. The van der Waals surface area contributed by atoms with Crippen LogP contribution in [0.4, 0.5) is 13.2 Å². The lowest BCUT2D eigenvalue weighted by atomic mass is 9.79. The molecule has 1 atom stereocenters. The molecular formula is C13H16F3NO2. The molecule has 0 amide bonds. The molecule has 0 bridgehead atoms. The fraction of sp³-hybridized carbons (Fsp3) is 0.462. The van der Waals surface area contributed by atoms with Crippen molar-refractivity contribution in [1.29, 1.82) is 0 Å². The third kappa shape index (κ3) is 3.07. The van der Waals surface area contributed by atoms with Gasteiger partial charge in [-0.2, -0.15) is 13.2 Å². The lowest BCUT2D eigenvalue weighted by molar-refractivity contribution is -0.153. The summed E-state index contributed by atoms with van der Waals surface area (Å²) in [6.45, 7) is 2.91. The molecule has 0 fully saturated rings. The van der Waals surface area contributed by atoms with Crippen molar-refractivity contribution in [3.05, 3.63) is 35.4 Å². The molecule has 0 radical (unpaired) electrons. The van der Waals surface area contributed by atoms with E-state index in [1.807, 2.05) is 0 Å². The Labute approximate surface area is 109 Å². The zero-order valence-corrected chi connectivity index (χ0v) is 10.9. The van der Waals surface area contributed by atoms with Gasteiger partial charge in [-0.15, -0.1) is 0 Å². The number of carbonyl (C=O) groups excluding carboxylic acids is 1. The quantitative estimate of drug-likeness (QED) is 0.863. The first kappa shape index (κ1) is 15.5. The van der Waals surface area contributed by atoms with Crippen LogP contribution in [0.15, 0.2) is 24.3 Å². The first-order chi connectivity index (χ1) is 8.62. The smallest absolute Gasteiger partial charge is 0.416 e. The van der Waals surface area contributed by atoms with Crippen LogP contribution in [0.2, 0.25) is 0 Å². The van der Waals surface area contributed by atoms with Gasteiger partial charge >= 0.3 is 12.1 Å². The van der Waals surface area contributed by atoms with Gasteiger partial charge in [0.1, 0.15) is 0 Å². The first-order valence-electron chi connectivity index (χ1n) is 5.62. The standard InChI is InChI=1S/C13H16F3NO2/c1-12(2,11(18)19-3)10(17)8-6-4-5-7-9(8)13(14,15)16/h4-7,10H,17H2,1-3H3/t10-/m0/s1. The summed E-state index contributed by atoms with van der Waals surface area (Å²) in [5.74, 6) is -0.656. The second-order valence-corrected chi connectivity index (χ2v) is 4.78. The van der Waals surface area contributed by atoms with Crippen molar-refractivity contribution in [1.82, 2.24) is 0 Å². The molecule has 0 heterocycles. The molecule has 2 N–H and O–H groups in total. The number of halogens is 3. The largest absolute Gasteiger partial charge is 0.469 e. The number of benzene rings is 1. The van der Waals surface area contributed by atoms with E-state index >= 15 is 0 Å². The number of hydrogen-bond acceptors (Lipinski definition) is 3.